The molecule has 2 unspecified atom stereocenters. The van der Waals surface area contributed by atoms with E-state index in [9.17, 15) is 4.79 Å². The Morgan fingerprint density at radius 1 is 1.53 bits per heavy atom. The lowest BCUT2D eigenvalue weighted by atomic mass is 10.1. The van der Waals surface area contributed by atoms with E-state index in [1.807, 2.05) is 0 Å². The van der Waals surface area contributed by atoms with Gasteiger partial charge in [-0.15, -0.1) is 5.10 Å². The highest BCUT2D eigenvalue weighted by Gasteiger charge is 2.24. The third-order valence-corrected chi connectivity index (χ3v) is 2.83. The third-order valence-electron chi connectivity index (χ3n) is 2.83. The maximum atomic E-state index is 11.7. The topological polar surface area (TPSA) is 70.7 Å². The van der Waals surface area contributed by atoms with Crippen molar-refractivity contribution in [2.75, 3.05) is 0 Å². The van der Waals surface area contributed by atoms with Crippen LogP contribution >= 0.6 is 0 Å². The molecule has 1 saturated carbocycles. The fourth-order valence-electron chi connectivity index (χ4n) is 2.03. The number of hydrogen-bond acceptors (Lipinski definition) is 3. The van der Waals surface area contributed by atoms with E-state index >= 15 is 0 Å². The molecule has 0 bridgehead atoms. The van der Waals surface area contributed by atoms with Crippen LogP contribution in [-0.2, 0) is 0 Å². The Morgan fingerprint density at radius 3 is 2.87 bits per heavy atom. The summed E-state index contributed by atoms with van der Waals surface area (Å²) >= 11 is 0. The van der Waals surface area contributed by atoms with Gasteiger partial charge in [0, 0.05) is 6.04 Å². The van der Waals surface area contributed by atoms with Gasteiger partial charge in [0.05, 0.1) is 0 Å². The quantitative estimate of drug-likeness (QED) is 0.762. The first kappa shape index (κ1) is 10.1. The number of aryl methyl sites for hydroxylation is 1. The first-order valence-corrected chi connectivity index (χ1v) is 5.35. The van der Waals surface area contributed by atoms with Crippen molar-refractivity contribution in [3.8, 4) is 0 Å². The molecule has 2 N–H and O–H groups in total. The van der Waals surface area contributed by atoms with Crippen molar-refractivity contribution < 1.29 is 4.79 Å². The molecule has 1 fully saturated rings. The van der Waals surface area contributed by atoms with Crippen molar-refractivity contribution in [3.05, 3.63) is 11.6 Å². The Bertz CT molecular complexity index is 360. The van der Waals surface area contributed by atoms with E-state index < -0.39 is 0 Å². The highest BCUT2D eigenvalue weighted by molar-refractivity contribution is 5.90. The number of aromatic amines is 1. The Kier molecular flexibility index (Phi) is 2.70. The zero-order chi connectivity index (χ0) is 10.8. The van der Waals surface area contributed by atoms with Crippen LogP contribution in [-0.4, -0.2) is 27.1 Å². The second-order valence-corrected chi connectivity index (χ2v) is 4.33. The number of nitrogens with one attached hydrogen (secondary N) is 2. The summed E-state index contributed by atoms with van der Waals surface area (Å²) in [4.78, 5) is 15.7. The molecule has 1 aromatic heterocycles. The molecule has 15 heavy (non-hydrogen) atoms. The summed E-state index contributed by atoms with van der Waals surface area (Å²) < 4.78 is 0. The van der Waals surface area contributed by atoms with Gasteiger partial charge in [0.25, 0.3) is 5.91 Å². The van der Waals surface area contributed by atoms with E-state index in [0.717, 1.165) is 12.8 Å². The maximum Gasteiger partial charge on any atom is 0.291 e. The largest absolute Gasteiger partial charge is 0.347 e. The van der Waals surface area contributed by atoms with Crippen molar-refractivity contribution in [1.82, 2.24) is 20.5 Å². The lowest BCUT2D eigenvalue weighted by Gasteiger charge is -2.10. The molecule has 0 spiro atoms. The Balaban J connectivity index is 1.92. The maximum absolute atomic E-state index is 11.7. The predicted octanol–water partition coefficient (Wildman–Crippen LogP) is 1.03. The van der Waals surface area contributed by atoms with Gasteiger partial charge in [0.15, 0.2) is 0 Å². The van der Waals surface area contributed by atoms with E-state index in [-0.39, 0.29) is 11.7 Å². The summed E-state index contributed by atoms with van der Waals surface area (Å²) in [5.74, 6) is 1.45. The van der Waals surface area contributed by atoms with Crippen LogP contribution < -0.4 is 5.32 Å². The monoisotopic (exact) mass is 208 g/mol. The summed E-state index contributed by atoms with van der Waals surface area (Å²) in [7, 11) is 0. The van der Waals surface area contributed by atoms with Crippen LogP contribution in [0.15, 0.2) is 0 Å². The number of nitrogens with zero attached hydrogens (tertiary/aromatic N) is 2. The Labute approximate surface area is 88.7 Å². The molecule has 1 aliphatic carbocycles. The first-order valence-electron chi connectivity index (χ1n) is 5.35. The summed E-state index contributed by atoms with van der Waals surface area (Å²) in [5, 5.41) is 9.44. The number of carbonyl (C=O) groups excluding carboxylic acids is 1. The second-order valence-electron chi connectivity index (χ2n) is 4.33. The molecule has 0 aromatic carbocycles. The third kappa shape index (κ3) is 2.34. The first-order chi connectivity index (χ1) is 7.15. The van der Waals surface area contributed by atoms with Gasteiger partial charge in [0.1, 0.15) is 5.82 Å². The average Bonchev–Trinajstić information content (AvgIpc) is 2.75. The lowest BCUT2D eigenvalue weighted by Crippen LogP contribution is -2.33. The van der Waals surface area contributed by atoms with Crippen molar-refractivity contribution in [2.24, 2.45) is 5.92 Å². The molecule has 1 amide bonds. The number of carbonyl (C=O) groups is 1. The highest BCUT2D eigenvalue weighted by atomic mass is 16.2. The molecule has 1 aromatic rings. The molecule has 0 saturated heterocycles. The molecular weight excluding hydrogens is 192 g/mol. The normalized spacial score (nSPS) is 25.5. The van der Waals surface area contributed by atoms with Crippen LogP contribution in [0.2, 0.25) is 0 Å². The minimum absolute atomic E-state index is 0.168. The highest BCUT2D eigenvalue weighted by Crippen LogP contribution is 2.24. The summed E-state index contributed by atoms with van der Waals surface area (Å²) in [6.45, 7) is 3.99. The van der Waals surface area contributed by atoms with E-state index in [1.165, 1.54) is 6.42 Å². The van der Waals surface area contributed by atoms with Crippen LogP contribution in [0.25, 0.3) is 0 Å². The zero-order valence-electron chi connectivity index (χ0n) is 9.08. The van der Waals surface area contributed by atoms with E-state index in [1.54, 1.807) is 6.92 Å². The van der Waals surface area contributed by atoms with Gasteiger partial charge in [-0.05, 0) is 32.1 Å². The van der Waals surface area contributed by atoms with Crippen LogP contribution in [0.4, 0.5) is 0 Å². The fourth-order valence-corrected chi connectivity index (χ4v) is 2.03. The predicted molar refractivity (Wildman–Crippen MR) is 55.4 cm³/mol. The number of rotatable bonds is 2. The number of aromatic nitrogens is 3. The van der Waals surface area contributed by atoms with Gasteiger partial charge < -0.3 is 5.32 Å². The van der Waals surface area contributed by atoms with Crippen molar-refractivity contribution in [2.45, 2.75) is 39.2 Å². The average molecular weight is 208 g/mol. The Morgan fingerprint density at radius 2 is 2.33 bits per heavy atom. The molecule has 1 aliphatic rings. The Hall–Kier alpha value is -1.39. The van der Waals surface area contributed by atoms with Crippen LogP contribution in [0, 0.1) is 12.8 Å². The van der Waals surface area contributed by atoms with Crippen molar-refractivity contribution in [3.63, 3.8) is 0 Å². The van der Waals surface area contributed by atoms with Crippen molar-refractivity contribution >= 4 is 5.91 Å². The molecule has 2 rings (SSSR count). The standard InChI is InChI=1S/C10H16N4O/c1-6-3-4-8(5-6)12-10(15)9-11-7(2)13-14-9/h6,8H,3-5H2,1-2H3,(H,12,15)(H,11,13,14). The summed E-state index contributed by atoms with van der Waals surface area (Å²) in [6, 6.07) is 0.298. The van der Waals surface area contributed by atoms with Gasteiger partial charge in [-0.3, -0.25) is 9.89 Å². The number of amides is 1. The van der Waals surface area contributed by atoms with Crippen molar-refractivity contribution in [1.29, 1.82) is 0 Å². The number of H-pyrrole nitrogens is 1. The van der Waals surface area contributed by atoms with Crippen LogP contribution in [0.3, 0.4) is 0 Å². The van der Waals surface area contributed by atoms with Gasteiger partial charge in [-0.2, -0.15) is 0 Å². The summed E-state index contributed by atoms with van der Waals surface area (Å²) in [6.07, 6.45) is 3.32. The molecule has 2 atom stereocenters. The molecule has 0 aliphatic heterocycles. The molecule has 82 valence electrons. The lowest BCUT2D eigenvalue weighted by molar-refractivity contribution is 0.0927. The fraction of sp³-hybridized carbons (Fsp3) is 0.700. The number of hydrogen-bond donors (Lipinski definition) is 2. The van der Waals surface area contributed by atoms with Gasteiger partial charge in [0.2, 0.25) is 5.82 Å². The minimum Gasteiger partial charge on any atom is -0.347 e. The minimum atomic E-state index is -0.168. The van der Waals surface area contributed by atoms with Crippen LogP contribution in [0.1, 0.15) is 42.6 Å². The molecule has 0 radical (unpaired) electrons. The van der Waals surface area contributed by atoms with E-state index in [0.29, 0.717) is 17.8 Å². The molecule has 1 heterocycles. The molecule has 5 heteroatoms. The SMILES string of the molecule is Cc1nc(C(=O)NC2CCC(C)C2)n[nH]1. The summed E-state index contributed by atoms with van der Waals surface area (Å²) in [5.41, 5.74) is 0. The van der Waals surface area contributed by atoms with Crippen LogP contribution in [0.5, 0.6) is 0 Å². The van der Waals surface area contributed by atoms with E-state index in [2.05, 4.69) is 27.4 Å². The second kappa shape index (κ2) is 4.00. The van der Waals surface area contributed by atoms with Gasteiger partial charge >= 0.3 is 0 Å². The van der Waals surface area contributed by atoms with Gasteiger partial charge in [-0.25, -0.2) is 4.98 Å². The smallest absolute Gasteiger partial charge is 0.291 e. The zero-order valence-corrected chi connectivity index (χ0v) is 9.08. The van der Waals surface area contributed by atoms with E-state index in [4.69, 9.17) is 0 Å². The van der Waals surface area contributed by atoms with Gasteiger partial charge in [-0.1, -0.05) is 6.92 Å². The molecular formula is C10H16N4O. The molecule has 5 nitrogen and oxygen atoms in total.